The number of rotatable bonds is 5. The number of anilines is 2. The average Bonchev–Trinajstić information content (AvgIpc) is 2.56. The second-order valence-corrected chi connectivity index (χ2v) is 7.73. The lowest BCUT2D eigenvalue weighted by Crippen LogP contribution is -2.09. The molecule has 3 aromatic rings. The van der Waals surface area contributed by atoms with Crippen LogP contribution in [0.15, 0.2) is 51.7 Å². The van der Waals surface area contributed by atoms with Crippen molar-refractivity contribution in [1.82, 2.24) is 0 Å². The van der Waals surface area contributed by atoms with Crippen LogP contribution in [0, 0.1) is 6.92 Å². The number of benzene rings is 2. The van der Waals surface area contributed by atoms with E-state index in [-0.39, 0.29) is 5.75 Å². The maximum absolute atomic E-state index is 11.8. The number of aromatic hydroxyl groups is 1. The highest BCUT2D eigenvalue weighted by atomic mass is 32.2. The maximum Gasteiger partial charge on any atom is 0.336 e. The number of hydrogen-bond acceptors (Lipinski definition) is 6. The predicted octanol–water partition coefficient (Wildman–Crippen LogP) is 2.79. The third-order valence-corrected chi connectivity index (χ3v) is 4.50. The highest BCUT2D eigenvalue weighted by Gasteiger charge is 2.10. The van der Waals surface area contributed by atoms with Gasteiger partial charge in [-0.25, -0.2) is 13.2 Å². The van der Waals surface area contributed by atoms with Crippen molar-refractivity contribution in [3.8, 4) is 5.75 Å². The van der Waals surface area contributed by atoms with Gasteiger partial charge in [-0.3, -0.25) is 4.72 Å². The van der Waals surface area contributed by atoms with E-state index in [1.165, 1.54) is 6.07 Å². The molecule has 0 spiro atoms. The summed E-state index contributed by atoms with van der Waals surface area (Å²) in [7, 11) is -3.32. The van der Waals surface area contributed by atoms with E-state index in [4.69, 9.17) is 4.42 Å². The van der Waals surface area contributed by atoms with Crippen molar-refractivity contribution < 1.29 is 17.9 Å². The third kappa shape index (κ3) is 3.97. The van der Waals surface area contributed by atoms with E-state index in [0.717, 1.165) is 22.9 Å². The van der Waals surface area contributed by atoms with Crippen molar-refractivity contribution in [2.75, 3.05) is 16.3 Å². The molecule has 0 fully saturated rings. The highest BCUT2D eigenvalue weighted by Crippen LogP contribution is 2.27. The molecule has 136 valence electrons. The summed E-state index contributed by atoms with van der Waals surface area (Å²) >= 11 is 0. The molecule has 0 saturated carbocycles. The zero-order chi connectivity index (χ0) is 18.9. The van der Waals surface area contributed by atoms with E-state index in [1.54, 1.807) is 43.3 Å². The summed E-state index contributed by atoms with van der Waals surface area (Å²) in [4.78, 5) is 11.8. The van der Waals surface area contributed by atoms with Crippen LogP contribution in [0.2, 0.25) is 0 Å². The van der Waals surface area contributed by atoms with Gasteiger partial charge >= 0.3 is 5.63 Å². The SMILES string of the molecule is Cc1c(O)ccc2c(CNc3ccc(NS(C)(=O)=O)cc3)cc(=O)oc12. The van der Waals surface area contributed by atoms with Crippen LogP contribution in [0.1, 0.15) is 11.1 Å². The van der Waals surface area contributed by atoms with Crippen LogP contribution in [0.3, 0.4) is 0 Å². The van der Waals surface area contributed by atoms with Gasteiger partial charge in [-0.1, -0.05) is 0 Å². The van der Waals surface area contributed by atoms with E-state index in [1.807, 2.05) is 0 Å². The molecule has 0 aliphatic heterocycles. The fourth-order valence-corrected chi connectivity index (χ4v) is 3.19. The molecule has 1 heterocycles. The minimum atomic E-state index is -3.32. The third-order valence-electron chi connectivity index (χ3n) is 3.89. The van der Waals surface area contributed by atoms with Gasteiger partial charge in [0.1, 0.15) is 11.3 Å². The number of nitrogens with one attached hydrogen (secondary N) is 2. The summed E-state index contributed by atoms with van der Waals surface area (Å²) in [5, 5.41) is 13.7. The van der Waals surface area contributed by atoms with E-state index >= 15 is 0 Å². The van der Waals surface area contributed by atoms with Crippen molar-refractivity contribution in [2.24, 2.45) is 0 Å². The van der Waals surface area contributed by atoms with Gasteiger partial charge in [0.05, 0.1) is 6.26 Å². The van der Waals surface area contributed by atoms with Crippen LogP contribution in [-0.4, -0.2) is 19.8 Å². The molecule has 0 unspecified atom stereocenters. The van der Waals surface area contributed by atoms with Crippen molar-refractivity contribution >= 4 is 32.4 Å². The number of phenols is 1. The molecule has 7 nitrogen and oxygen atoms in total. The van der Waals surface area contributed by atoms with Crippen molar-refractivity contribution in [3.05, 3.63) is 64.0 Å². The first-order valence-corrected chi connectivity index (χ1v) is 9.69. The summed E-state index contributed by atoms with van der Waals surface area (Å²) in [6, 6.07) is 11.4. The Kier molecular flexibility index (Phi) is 4.60. The quantitative estimate of drug-likeness (QED) is 0.593. The maximum atomic E-state index is 11.8. The molecule has 3 rings (SSSR count). The van der Waals surface area contributed by atoms with Crippen molar-refractivity contribution in [1.29, 1.82) is 0 Å². The monoisotopic (exact) mass is 374 g/mol. The van der Waals surface area contributed by atoms with E-state index in [9.17, 15) is 18.3 Å². The zero-order valence-corrected chi connectivity index (χ0v) is 15.1. The largest absolute Gasteiger partial charge is 0.508 e. The molecule has 26 heavy (non-hydrogen) atoms. The summed E-state index contributed by atoms with van der Waals surface area (Å²) in [5.41, 5.74) is 2.35. The van der Waals surface area contributed by atoms with Gasteiger partial charge in [-0.2, -0.15) is 0 Å². The summed E-state index contributed by atoms with van der Waals surface area (Å²) in [6.45, 7) is 2.05. The highest BCUT2D eigenvalue weighted by molar-refractivity contribution is 7.92. The average molecular weight is 374 g/mol. The van der Waals surface area contributed by atoms with Gasteiger partial charge < -0.3 is 14.8 Å². The molecule has 0 amide bonds. The Morgan fingerprint density at radius 2 is 1.73 bits per heavy atom. The van der Waals surface area contributed by atoms with Crippen LogP contribution in [0.4, 0.5) is 11.4 Å². The van der Waals surface area contributed by atoms with Gasteiger partial charge in [0.25, 0.3) is 0 Å². The summed E-state index contributed by atoms with van der Waals surface area (Å²) < 4.78 is 30.1. The summed E-state index contributed by atoms with van der Waals surface area (Å²) in [5.74, 6) is 0.0692. The smallest absolute Gasteiger partial charge is 0.336 e. The lowest BCUT2D eigenvalue weighted by atomic mass is 10.1. The second kappa shape index (κ2) is 6.72. The van der Waals surface area contributed by atoms with E-state index < -0.39 is 15.6 Å². The van der Waals surface area contributed by atoms with E-state index in [2.05, 4.69) is 10.0 Å². The van der Waals surface area contributed by atoms with Crippen molar-refractivity contribution in [3.63, 3.8) is 0 Å². The van der Waals surface area contributed by atoms with Gasteiger partial charge in [0, 0.05) is 34.9 Å². The molecule has 0 aliphatic rings. The fourth-order valence-electron chi connectivity index (χ4n) is 2.63. The Morgan fingerprint density at radius 1 is 1.08 bits per heavy atom. The molecule has 0 bridgehead atoms. The normalized spacial score (nSPS) is 11.5. The molecule has 0 saturated heterocycles. The Labute approximate surface area is 150 Å². The lowest BCUT2D eigenvalue weighted by molar-refractivity contribution is 0.468. The molecule has 0 radical (unpaired) electrons. The Morgan fingerprint density at radius 3 is 2.38 bits per heavy atom. The number of hydrogen-bond donors (Lipinski definition) is 3. The fraction of sp³-hybridized carbons (Fsp3) is 0.167. The van der Waals surface area contributed by atoms with Crippen LogP contribution >= 0.6 is 0 Å². The van der Waals surface area contributed by atoms with Crippen LogP contribution in [-0.2, 0) is 16.6 Å². The second-order valence-electron chi connectivity index (χ2n) is 5.98. The van der Waals surface area contributed by atoms with Crippen LogP contribution < -0.4 is 15.7 Å². The Bertz CT molecular complexity index is 1120. The van der Waals surface area contributed by atoms with Crippen molar-refractivity contribution in [2.45, 2.75) is 13.5 Å². The Hall–Kier alpha value is -3.00. The van der Waals surface area contributed by atoms with Crippen LogP contribution in [0.25, 0.3) is 11.0 Å². The van der Waals surface area contributed by atoms with Crippen LogP contribution in [0.5, 0.6) is 5.75 Å². The minimum absolute atomic E-state index is 0.0692. The molecule has 0 atom stereocenters. The Balaban J connectivity index is 1.84. The standard InChI is InChI=1S/C18H18N2O5S/c1-11-16(21)8-7-15-12(9-17(22)25-18(11)15)10-19-13-3-5-14(6-4-13)20-26(2,23)24/h3-9,19-21H,10H2,1-2H3. The molecule has 0 aliphatic carbocycles. The zero-order valence-electron chi connectivity index (χ0n) is 14.2. The van der Waals surface area contributed by atoms with Gasteiger partial charge in [-0.05, 0) is 48.9 Å². The number of sulfonamides is 1. The lowest BCUT2D eigenvalue weighted by Gasteiger charge is -2.11. The minimum Gasteiger partial charge on any atom is -0.508 e. The first kappa shape index (κ1) is 17.8. The summed E-state index contributed by atoms with van der Waals surface area (Å²) in [6.07, 6.45) is 1.09. The molecular formula is C18H18N2O5S. The molecule has 1 aromatic heterocycles. The molecule has 3 N–H and O–H groups in total. The van der Waals surface area contributed by atoms with Gasteiger partial charge in [0.15, 0.2) is 0 Å². The topological polar surface area (TPSA) is 109 Å². The molecule has 8 heteroatoms. The van der Waals surface area contributed by atoms with Gasteiger partial charge in [-0.15, -0.1) is 0 Å². The molecular weight excluding hydrogens is 356 g/mol. The van der Waals surface area contributed by atoms with Gasteiger partial charge in [0.2, 0.25) is 10.0 Å². The molecule has 2 aromatic carbocycles. The number of aryl methyl sites for hydroxylation is 1. The first-order valence-electron chi connectivity index (χ1n) is 7.80. The predicted molar refractivity (Wildman–Crippen MR) is 101 cm³/mol. The number of phenolic OH excluding ortho intramolecular Hbond substituents is 1. The number of fused-ring (bicyclic) bond motifs is 1. The van der Waals surface area contributed by atoms with E-state index in [0.29, 0.717) is 23.4 Å². The first-order chi connectivity index (χ1) is 12.2.